The summed E-state index contributed by atoms with van der Waals surface area (Å²) in [7, 11) is 0. The molecule has 2 N–H and O–H groups in total. The number of hydrogen-bond donors (Lipinski definition) is 2. The first-order chi connectivity index (χ1) is 10.5. The summed E-state index contributed by atoms with van der Waals surface area (Å²) < 4.78 is 0. The average Bonchev–Trinajstić information content (AvgIpc) is 2.90. The Kier molecular flexibility index (Phi) is 3.77. The number of hydrogen-bond acceptors (Lipinski definition) is 2. The lowest BCUT2D eigenvalue weighted by Gasteiger charge is -2.30. The number of aromatic nitrogens is 2. The predicted molar refractivity (Wildman–Crippen MR) is 86.4 cm³/mol. The van der Waals surface area contributed by atoms with E-state index in [1.165, 1.54) is 24.8 Å². The molecular weight excluding hydrogens is 276 g/mol. The fourth-order valence-electron chi connectivity index (χ4n) is 3.25. The maximum atomic E-state index is 11.6. The van der Waals surface area contributed by atoms with Crippen LogP contribution in [0.25, 0.3) is 11.4 Å². The highest BCUT2D eigenvalue weighted by molar-refractivity contribution is 5.92. The molecule has 2 aromatic rings. The molecule has 1 heterocycles. The topological polar surface area (TPSA) is 66.0 Å². The van der Waals surface area contributed by atoms with Gasteiger partial charge in [0.15, 0.2) is 0 Å². The number of aromatic amines is 1. The molecule has 0 saturated heterocycles. The molecule has 4 heteroatoms. The van der Waals surface area contributed by atoms with Crippen molar-refractivity contribution in [2.75, 3.05) is 0 Å². The number of benzene rings is 1. The molecule has 0 aliphatic heterocycles. The van der Waals surface area contributed by atoms with Crippen LogP contribution in [0.2, 0.25) is 0 Å². The van der Waals surface area contributed by atoms with Crippen molar-refractivity contribution in [2.24, 2.45) is 0 Å². The number of imidazole rings is 1. The second-order valence-electron chi connectivity index (χ2n) is 6.18. The van der Waals surface area contributed by atoms with E-state index in [1.807, 2.05) is 20.0 Å². The smallest absolute Gasteiger partial charge is 0.335 e. The molecule has 0 spiro atoms. The summed E-state index contributed by atoms with van der Waals surface area (Å²) in [5.74, 6) is 0.459. The molecule has 0 unspecified atom stereocenters. The lowest BCUT2D eigenvalue weighted by atomic mass is 9.74. The number of nitrogens with one attached hydrogen (secondary N) is 1. The van der Waals surface area contributed by atoms with Crippen molar-refractivity contribution in [1.29, 1.82) is 0 Å². The Hall–Kier alpha value is -2.10. The van der Waals surface area contributed by atoms with Crippen molar-refractivity contribution in [3.63, 3.8) is 0 Å². The maximum Gasteiger partial charge on any atom is 0.335 e. The van der Waals surface area contributed by atoms with Gasteiger partial charge in [0.1, 0.15) is 5.82 Å². The van der Waals surface area contributed by atoms with Crippen LogP contribution in [0, 0.1) is 13.8 Å². The lowest BCUT2D eigenvalue weighted by Crippen LogP contribution is -2.15. The molecule has 0 bridgehead atoms. The second-order valence-corrected chi connectivity index (χ2v) is 6.18. The zero-order valence-electron chi connectivity index (χ0n) is 13.4. The Balaban J connectivity index is 2.22. The Morgan fingerprint density at radius 2 is 2.09 bits per heavy atom. The minimum Gasteiger partial charge on any atom is -0.478 e. The van der Waals surface area contributed by atoms with E-state index in [1.54, 1.807) is 6.07 Å². The van der Waals surface area contributed by atoms with Gasteiger partial charge in [0.05, 0.1) is 5.56 Å². The highest BCUT2D eigenvalue weighted by Gasteiger charge is 2.28. The second kappa shape index (κ2) is 5.59. The number of H-pyrrole nitrogens is 1. The van der Waals surface area contributed by atoms with Crippen molar-refractivity contribution in [2.45, 2.75) is 52.4 Å². The summed E-state index contributed by atoms with van der Waals surface area (Å²) in [6.45, 7) is 6.03. The number of carbonyl (C=O) groups is 1. The monoisotopic (exact) mass is 298 g/mol. The van der Waals surface area contributed by atoms with Crippen molar-refractivity contribution in [3.05, 3.63) is 40.2 Å². The first-order valence-electron chi connectivity index (χ1n) is 7.94. The zero-order chi connectivity index (χ0) is 15.9. The third-order valence-electron chi connectivity index (χ3n) is 4.96. The molecule has 3 rings (SSSR count). The zero-order valence-corrected chi connectivity index (χ0v) is 13.4. The molecule has 4 nitrogen and oxygen atoms in total. The molecule has 0 atom stereocenters. The molecule has 0 radical (unpaired) electrons. The normalized spacial score (nSPS) is 14.9. The molecule has 1 saturated carbocycles. The Morgan fingerprint density at radius 1 is 1.36 bits per heavy atom. The average molecular weight is 298 g/mol. The van der Waals surface area contributed by atoms with E-state index in [0.717, 1.165) is 34.6 Å². The van der Waals surface area contributed by atoms with E-state index in [0.29, 0.717) is 11.5 Å². The van der Waals surface area contributed by atoms with Crippen LogP contribution in [0.15, 0.2) is 12.3 Å². The maximum absolute atomic E-state index is 11.6. The molecule has 22 heavy (non-hydrogen) atoms. The standard InChI is InChI=1S/C18H22N2O2/c1-4-13-9-19-17(20-13)15-8-14(18(21)22)10(2)11(3)16(15)12-6-5-7-12/h8-9,12H,4-7H2,1-3H3,(H,19,20)(H,21,22). The van der Waals surface area contributed by atoms with Crippen LogP contribution >= 0.6 is 0 Å². The van der Waals surface area contributed by atoms with Crippen molar-refractivity contribution in [1.82, 2.24) is 9.97 Å². The van der Waals surface area contributed by atoms with Crippen LogP contribution < -0.4 is 0 Å². The predicted octanol–water partition coefficient (Wildman–Crippen LogP) is 4.22. The summed E-state index contributed by atoms with van der Waals surface area (Å²) >= 11 is 0. The van der Waals surface area contributed by atoms with Crippen LogP contribution in [0.3, 0.4) is 0 Å². The minimum atomic E-state index is -0.871. The lowest BCUT2D eigenvalue weighted by molar-refractivity contribution is 0.0696. The summed E-state index contributed by atoms with van der Waals surface area (Å²) in [4.78, 5) is 19.4. The Labute approximate surface area is 130 Å². The number of carboxylic acid groups (broad SMARTS) is 1. The third-order valence-corrected chi connectivity index (χ3v) is 4.96. The number of aryl methyl sites for hydroxylation is 1. The number of aromatic carboxylic acids is 1. The van der Waals surface area contributed by atoms with Gasteiger partial charge in [-0.2, -0.15) is 0 Å². The molecule has 1 aromatic carbocycles. The first-order valence-corrected chi connectivity index (χ1v) is 7.94. The van der Waals surface area contributed by atoms with Crippen LogP contribution in [0.5, 0.6) is 0 Å². The van der Waals surface area contributed by atoms with Crippen molar-refractivity contribution in [3.8, 4) is 11.4 Å². The molecular formula is C18H22N2O2. The van der Waals surface area contributed by atoms with Crippen LogP contribution in [0.4, 0.5) is 0 Å². The van der Waals surface area contributed by atoms with Crippen molar-refractivity contribution < 1.29 is 9.90 Å². The number of nitrogens with zero attached hydrogens (tertiary/aromatic N) is 1. The summed E-state index contributed by atoms with van der Waals surface area (Å²) in [6.07, 6.45) is 6.35. The quantitative estimate of drug-likeness (QED) is 0.888. The summed E-state index contributed by atoms with van der Waals surface area (Å²) in [5, 5.41) is 9.48. The summed E-state index contributed by atoms with van der Waals surface area (Å²) in [6, 6.07) is 1.80. The van der Waals surface area contributed by atoms with Crippen molar-refractivity contribution >= 4 is 5.97 Å². The van der Waals surface area contributed by atoms with Gasteiger partial charge in [0, 0.05) is 17.5 Å². The van der Waals surface area contributed by atoms with E-state index in [-0.39, 0.29) is 0 Å². The highest BCUT2D eigenvalue weighted by atomic mass is 16.4. The molecule has 1 aliphatic carbocycles. The fraction of sp³-hybridized carbons (Fsp3) is 0.444. The van der Waals surface area contributed by atoms with Gasteiger partial charge < -0.3 is 10.1 Å². The van der Waals surface area contributed by atoms with Crippen LogP contribution in [-0.2, 0) is 6.42 Å². The molecule has 1 aliphatic rings. The molecule has 1 aromatic heterocycles. The van der Waals surface area contributed by atoms with E-state index >= 15 is 0 Å². The third kappa shape index (κ3) is 2.32. The van der Waals surface area contributed by atoms with Gasteiger partial charge in [-0.25, -0.2) is 9.78 Å². The van der Waals surface area contributed by atoms with E-state index < -0.39 is 5.97 Å². The Bertz CT molecular complexity index is 727. The van der Waals surface area contributed by atoms with Gasteiger partial charge in [0.25, 0.3) is 0 Å². The van der Waals surface area contributed by atoms with Crippen LogP contribution in [0.1, 0.15) is 64.8 Å². The SMILES string of the molecule is CCc1cnc(-c2cc(C(=O)O)c(C)c(C)c2C2CCC2)[nH]1. The number of carboxylic acids is 1. The Morgan fingerprint density at radius 3 is 2.59 bits per heavy atom. The van der Waals surface area contributed by atoms with E-state index in [9.17, 15) is 9.90 Å². The van der Waals surface area contributed by atoms with Gasteiger partial charge >= 0.3 is 5.97 Å². The summed E-state index contributed by atoms with van der Waals surface area (Å²) in [5.41, 5.74) is 5.68. The number of rotatable bonds is 4. The van der Waals surface area contributed by atoms with E-state index in [4.69, 9.17) is 0 Å². The van der Waals surface area contributed by atoms with E-state index in [2.05, 4.69) is 16.9 Å². The molecule has 1 fully saturated rings. The largest absolute Gasteiger partial charge is 0.478 e. The van der Waals surface area contributed by atoms with Gasteiger partial charge in [-0.15, -0.1) is 0 Å². The molecule has 116 valence electrons. The van der Waals surface area contributed by atoms with Gasteiger partial charge in [-0.1, -0.05) is 13.3 Å². The first kappa shape index (κ1) is 14.8. The fourth-order valence-corrected chi connectivity index (χ4v) is 3.25. The molecule has 0 amide bonds. The van der Waals surface area contributed by atoms with Gasteiger partial charge in [-0.3, -0.25) is 0 Å². The minimum absolute atomic E-state index is 0.380. The van der Waals surface area contributed by atoms with Crippen LogP contribution in [-0.4, -0.2) is 21.0 Å². The van der Waals surface area contributed by atoms with Gasteiger partial charge in [0.2, 0.25) is 0 Å². The highest BCUT2D eigenvalue weighted by Crippen LogP contribution is 2.43. The van der Waals surface area contributed by atoms with Gasteiger partial charge in [-0.05, 0) is 61.8 Å².